The number of hydrogen-bond acceptors (Lipinski definition) is 2. The van der Waals surface area contributed by atoms with Crippen LogP contribution in [0.15, 0.2) is 54.7 Å². The number of carbonyl (C=O) groups excluding carboxylic acids is 1. The molecule has 25 heavy (non-hydrogen) atoms. The van der Waals surface area contributed by atoms with Crippen LogP contribution in [0.2, 0.25) is 10.0 Å². The van der Waals surface area contributed by atoms with Gasteiger partial charge in [-0.25, -0.2) is 4.39 Å². The van der Waals surface area contributed by atoms with Crippen molar-refractivity contribution in [2.45, 2.75) is 13.0 Å². The van der Waals surface area contributed by atoms with Crippen LogP contribution >= 0.6 is 23.2 Å². The number of carbonyl (C=O) groups is 1. The van der Waals surface area contributed by atoms with Crippen molar-refractivity contribution < 1.29 is 9.18 Å². The van der Waals surface area contributed by atoms with Crippen molar-refractivity contribution in [3.8, 4) is 0 Å². The molecule has 1 N–H and O–H groups in total. The summed E-state index contributed by atoms with van der Waals surface area (Å²) in [7, 11) is 0. The summed E-state index contributed by atoms with van der Waals surface area (Å²) in [6.45, 7) is 0.424. The zero-order valence-electron chi connectivity index (χ0n) is 13.0. The lowest BCUT2D eigenvalue weighted by atomic mass is 10.1. The van der Waals surface area contributed by atoms with E-state index in [1.165, 1.54) is 12.1 Å². The molecule has 1 heterocycles. The molecule has 0 fully saturated rings. The number of amides is 1. The van der Waals surface area contributed by atoms with Gasteiger partial charge >= 0.3 is 0 Å². The summed E-state index contributed by atoms with van der Waals surface area (Å²) in [5, 5.41) is 7.91. The molecule has 0 unspecified atom stereocenters. The smallest absolute Gasteiger partial charge is 0.230 e. The van der Waals surface area contributed by atoms with Crippen molar-refractivity contribution in [3.05, 3.63) is 81.7 Å². The van der Waals surface area contributed by atoms with Gasteiger partial charge in [0.2, 0.25) is 5.91 Å². The molecular formula is C18H14Cl2FN3O. The van der Waals surface area contributed by atoms with Crippen molar-refractivity contribution in [1.29, 1.82) is 0 Å². The van der Waals surface area contributed by atoms with E-state index in [2.05, 4.69) is 10.4 Å². The Labute approximate surface area is 154 Å². The third-order valence-electron chi connectivity index (χ3n) is 3.51. The summed E-state index contributed by atoms with van der Waals surface area (Å²) in [5.41, 5.74) is 1.71. The first-order valence-corrected chi connectivity index (χ1v) is 8.27. The second kappa shape index (κ2) is 7.68. The first-order valence-electron chi connectivity index (χ1n) is 7.51. The second-order valence-corrected chi connectivity index (χ2v) is 6.34. The summed E-state index contributed by atoms with van der Waals surface area (Å²) in [6.07, 6.45) is 1.81. The van der Waals surface area contributed by atoms with E-state index in [1.807, 2.05) is 0 Å². The first-order chi connectivity index (χ1) is 12.0. The Morgan fingerprint density at radius 1 is 1.04 bits per heavy atom. The van der Waals surface area contributed by atoms with E-state index in [-0.39, 0.29) is 18.1 Å². The molecule has 0 saturated heterocycles. The van der Waals surface area contributed by atoms with Crippen LogP contribution in [0.25, 0.3) is 0 Å². The lowest BCUT2D eigenvalue weighted by molar-refractivity contribution is -0.115. The molecule has 2 aromatic carbocycles. The highest BCUT2D eigenvalue weighted by Gasteiger charge is 2.11. The number of nitrogens with one attached hydrogen (secondary N) is 1. The number of benzene rings is 2. The zero-order chi connectivity index (χ0) is 17.8. The maximum Gasteiger partial charge on any atom is 0.230 e. The van der Waals surface area contributed by atoms with Crippen LogP contribution in [-0.2, 0) is 17.8 Å². The van der Waals surface area contributed by atoms with Crippen molar-refractivity contribution in [2.24, 2.45) is 0 Å². The lowest BCUT2D eigenvalue weighted by Gasteiger charge is -2.04. The Balaban J connectivity index is 1.64. The van der Waals surface area contributed by atoms with Crippen molar-refractivity contribution >= 4 is 34.9 Å². The number of halogens is 3. The van der Waals surface area contributed by atoms with Crippen molar-refractivity contribution in [2.75, 3.05) is 5.32 Å². The molecule has 7 heteroatoms. The number of nitrogens with zero attached hydrogens (tertiary/aromatic N) is 2. The Morgan fingerprint density at radius 3 is 2.36 bits per heavy atom. The number of aromatic nitrogens is 2. The predicted octanol–water partition coefficient (Wildman–Crippen LogP) is 4.56. The molecular weight excluding hydrogens is 364 g/mol. The zero-order valence-corrected chi connectivity index (χ0v) is 14.6. The van der Waals surface area contributed by atoms with E-state index in [1.54, 1.807) is 47.3 Å². The Hall–Kier alpha value is -2.37. The van der Waals surface area contributed by atoms with Crippen LogP contribution in [0.1, 0.15) is 11.1 Å². The van der Waals surface area contributed by atoms with Gasteiger partial charge in [-0.15, -0.1) is 0 Å². The van der Waals surface area contributed by atoms with E-state index in [0.717, 1.165) is 11.1 Å². The van der Waals surface area contributed by atoms with Crippen LogP contribution in [-0.4, -0.2) is 15.7 Å². The summed E-state index contributed by atoms with van der Waals surface area (Å²) in [4.78, 5) is 12.1. The van der Waals surface area contributed by atoms with Crippen LogP contribution in [0.4, 0.5) is 10.2 Å². The van der Waals surface area contributed by atoms with Gasteiger partial charge in [-0.3, -0.25) is 9.48 Å². The van der Waals surface area contributed by atoms with E-state index < -0.39 is 0 Å². The highest BCUT2D eigenvalue weighted by Crippen LogP contribution is 2.20. The summed E-state index contributed by atoms with van der Waals surface area (Å²) in [6, 6.07) is 13.1. The second-order valence-electron chi connectivity index (χ2n) is 5.50. The number of anilines is 1. The minimum atomic E-state index is -0.294. The molecule has 1 amide bonds. The third kappa shape index (κ3) is 4.81. The number of hydrogen-bond donors (Lipinski definition) is 1. The average molecular weight is 378 g/mol. The molecule has 4 nitrogen and oxygen atoms in total. The van der Waals surface area contributed by atoms with Gasteiger partial charge < -0.3 is 5.32 Å². The largest absolute Gasteiger partial charge is 0.308 e. The van der Waals surface area contributed by atoms with Gasteiger partial charge in [0.1, 0.15) is 10.8 Å². The molecule has 128 valence electrons. The van der Waals surface area contributed by atoms with Crippen LogP contribution in [0.5, 0.6) is 0 Å². The van der Waals surface area contributed by atoms with Gasteiger partial charge in [0, 0.05) is 11.2 Å². The topological polar surface area (TPSA) is 46.9 Å². The molecule has 0 atom stereocenters. The Kier molecular flexibility index (Phi) is 5.36. The molecule has 1 aromatic heterocycles. The summed E-state index contributed by atoms with van der Waals surface area (Å²) in [5.74, 6) is -0.226. The molecule has 3 aromatic rings. The molecule has 0 aliphatic rings. The highest BCUT2D eigenvalue weighted by atomic mass is 35.5. The molecule has 0 spiro atoms. The molecule has 0 aliphatic heterocycles. The van der Waals surface area contributed by atoms with E-state index in [0.29, 0.717) is 22.4 Å². The SMILES string of the molecule is O=C(Cc1ccc(Cl)cc1)Nc1nn(Cc2ccc(F)cc2)cc1Cl. The van der Waals surface area contributed by atoms with Gasteiger partial charge in [0.15, 0.2) is 5.82 Å². The normalized spacial score (nSPS) is 10.7. The van der Waals surface area contributed by atoms with Gasteiger partial charge in [-0.05, 0) is 35.4 Å². The van der Waals surface area contributed by atoms with Crippen LogP contribution in [0.3, 0.4) is 0 Å². The first kappa shape index (κ1) is 17.5. The monoisotopic (exact) mass is 377 g/mol. The molecule has 0 bridgehead atoms. The Bertz CT molecular complexity index is 876. The average Bonchev–Trinajstić information content (AvgIpc) is 2.91. The molecule has 0 saturated carbocycles. The maximum absolute atomic E-state index is 12.9. The van der Waals surface area contributed by atoms with Gasteiger partial charge in [-0.1, -0.05) is 47.5 Å². The quantitative estimate of drug-likeness (QED) is 0.708. The minimum Gasteiger partial charge on any atom is -0.308 e. The standard InChI is InChI=1S/C18H14Cl2FN3O/c19-14-5-1-12(2-6-14)9-17(25)22-18-16(20)11-24(23-18)10-13-3-7-15(21)8-4-13/h1-8,11H,9-10H2,(H,22,23,25). The van der Waals surface area contributed by atoms with Gasteiger partial charge in [-0.2, -0.15) is 5.10 Å². The van der Waals surface area contributed by atoms with Crippen molar-refractivity contribution in [1.82, 2.24) is 9.78 Å². The predicted molar refractivity (Wildman–Crippen MR) is 96.5 cm³/mol. The number of rotatable bonds is 5. The summed E-state index contributed by atoms with van der Waals surface area (Å²) < 4.78 is 14.5. The fourth-order valence-electron chi connectivity index (χ4n) is 2.30. The molecule has 0 aliphatic carbocycles. The van der Waals surface area contributed by atoms with Crippen LogP contribution < -0.4 is 5.32 Å². The minimum absolute atomic E-state index is 0.193. The summed E-state index contributed by atoms with van der Waals surface area (Å²) >= 11 is 12.0. The third-order valence-corrected chi connectivity index (χ3v) is 4.04. The maximum atomic E-state index is 12.9. The fourth-order valence-corrected chi connectivity index (χ4v) is 2.63. The lowest BCUT2D eigenvalue weighted by Crippen LogP contribution is -2.15. The highest BCUT2D eigenvalue weighted by molar-refractivity contribution is 6.33. The molecule has 0 radical (unpaired) electrons. The van der Waals surface area contributed by atoms with Gasteiger partial charge in [0.25, 0.3) is 0 Å². The van der Waals surface area contributed by atoms with E-state index >= 15 is 0 Å². The van der Waals surface area contributed by atoms with Gasteiger partial charge in [0.05, 0.1) is 13.0 Å². The Morgan fingerprint density at radius 2 is 1.68 bits per heavy atom. The van der Waals surface area contributed by atoms with Crippen LogP contribution in [0, 0.1) is 5.82 Å². The molecule has 3 rings (SSSR count). The fraction of sp³-hybridized carbons (Fsp3) is 0.111. The van der Waals surface area contributed by atoms with E-state index in [4.69, 9.17) is 23.2 Å². The van der Waals surface area contributed by atoms with Crippen molar-refractivity contribution in [3.63, 3.8) is 0 Å². The van der Waals surface area contributed by atoms with E-state index in [9.17, 15) is 9.18 Å².